The number of rotatable bonds is 11. The molecule has 0 spiro atoms. The number of carbonyl (C=O) groups excluding carboxylic acids is 1. The standard InChI is InChI=1S/C15H32N2O2/c1-6-10-16-14(15(18)19-9-4)12-17(8-3)11-13(5)7-2/h13-14,16H,6-12H2,1-5H3. The fourth-order valence-electron chi connectivity index (χ4n) is 1.94. The van der Waals surface area contributed by atoms with Crippen LogP contribution in [-0.2, 0) is 9.53 Å². The molecule has 0 aliphatic rings. The molecule has 114 valence electrons. The first-order valence-corrected chi connectivity index (χ1v) is 7.71. The second-order valence-corrected chi connectivity index (χ2v) is 5.12. The monoisotopic (exact) mass is 272 g/mol. The zero-order chi connectivity index (χ0) is 14.7. The Morgan fingerprint density at radius 1 is 1.21 bits per heavy atom. The first-order chi connectivity index (χ1) is 9.08. The first-order valence-electron chi connectivity index (χ1n) is 7.71. The summed E-state index contributed by atoms with van der Waals surface area (Å²) >= 11 is 0. The molecule has 4 nitrogen and oxygen atoms in total. The van der Waals surface area contributed by atoms with Gasteiger partial charge in [0.15, 0.2) is 0 Å². The molecule has 0 aromatic heterocycles. The maximum absolute atomic E-state index is 11.9. The minimum Gasteiger partial charge on any atom is -0.465 e. The lowest BCUT2D eigenvalue weighted by atomic mass is 10.1. The van der Waals surface area contributed by atoms with E-state index in [9.17, 15) is 4.79 Å². The van der Waals surface area contributed by atoms with Gasteiger partial charge in [0.05, 0.1) is 6.61 Å². The lowest BCUT2D eigenvalue weighted by Gasteiger charge is -2.28. The number of nitrogens with one attached hydrogen (secondary N) is 1. The van der Waals surface area contributed by atoms with Gasteiger partial charge in [0.2, 0.25) is 0 Å². The molecule has 2 atom stereocenters. The molecule has 0 aromatic carbocycles. The zero-order valence-electron chi connectivity index (χ0n) is 13.4. The smallest absolute Gasteiger partial charge is 0.324 e. The average molecular weight is 272 g/mol. The van der Waals surface area contributed by atoms with Crippen LogP contribution in [0.2, 0.25) is 0 Å². The number of hydrogen-bond acceptors (Lipinski definition) is 4. The van der Waals surface area contributed by atoms with Crippen molar-refractivity contribution < 1.29 is 9.53 Å². The highest BCUT2D eigenvalue weighted by Gasteiger charge is 2.22. The van der Waals surface area contributed by atoms with E-state index < -0.39 is 0 Å². The van der Waals surface area contributed by atoms with Gasteiger partial charge in [-0.1, -0.05) is 34.1 Å². The van der Waals surface area contributed by atoms with Crippen LogP contribution in [0.25, 0.3) is 0 Å². The van der Waals surface area contributed by atoms with Gasteiger partial charge < -0.3 is 15.0 Å². The molecule has 0 radical (unpaired) electrons. The van der Waals surface area contributed by atoms with Gasteiger partial charge in [0.25, 0.3) is 0 Å². The van der Waals surface area contributed by atoms with Gasteiger partial charge in [0, 0.05) is 13.1 Å². The average Bonchev–Trinajstić information content (AvgIpc) is 2.41. The van der Waals surface area contributed by atoms with E-state index in [2.05, 4.69) is 37.9 Å². The number of nitrogens with zero attached hydrogens (tertiary/aromatic N) is 1. The Morgan fingerprint density at radius 2 is 1.89 bits per heavy atom. The quantitative estimate of drug-likeness (QED) is 0.586. The van der Waals surface area contributed by atoms with E-state index in [1.54, 1.807) is 0 Å². The summed E-state index contributed by atoms with van der Waals surface area (Å²) in [6.07, 6.45) is 2.19. The third-order valence-corrected chi connectivity index (χ3v) is 3.37. The van der Waals surface area contributed by atoms with Crippen LogP contribution in [-0.4, -0.2) is 49.7 Å². The fraction of sp³-hybridized carbons (Fsp3) is 0.933. The molecular formula is C15H32N2O2. The van der Waals surface area contributed by atoms with Crippen molar-refractivity contribution in [2.45, 2.75) is 53.5 Å². The molecule has 0 aromatic rings. The van der Waals surface area contributed by atoms with E-state index in [0.717, 1.165) is 32.6 Å². The van der Waals surface area contributed by atoms with Crippen molar-refractivity contribution in [3.05, 3.63) is 0 Å². The maximum atomic E-state index is 11.9. The Kier molecular flexibility index (Phi) is 10.9. The summed E-state index contributed by atoms with van der Waals surface area (Å²) in [6, 6.07) is -0.205. The van der Waals surface area contributed by atoms with E-state index in [1.807, 2.05) is 6.92 Å². The van der Waals surface area contributed by atoms with Crippen LogP contribution in [0, 0.1) is 5.92 Å². The van der Waals surface area contributed by atoms with Crippen LogP contribution in [0.3, 0.4) is 0 Å². The van der Waals surface area contributed by atoms with Gasteiger partial charge in [-0.25, -0.2) is 0 Å². The lowest BCUT2D eigenvalue weighted by Crippen LogP contribution is -2.48. The molecule has 1 N–H and O–H groups in total. The first kappa shape index (κ1) is 18.4. The van der Waals surface area contributed by atoms with Gasteiger partial charge in [0.1, 0.15) is 6.04 Å². The van der Waals surface area contributed by atoms with E-state index in [-0.39, 0.29) is 12.0 Å². The van der Waals surface area contributed by atoms with E-state index in [1.165, 1.54) is 6.42 Å². The van der Waals surface area contributed by atoms with Crippen LogP contribution < -0.4 is 5.32 Å². The highest BCUT2D eigenvalue weighted by molar-refractivity contribution is 5.76. The number of ether oxygens (including phenoxy) is 1. The number of likely N-dealkylation sites (N-methyl/N-ethyl adjacent to an activating group) is 1. The van der Waals surface area contributed by atoms with Crippen LogP contribution in [0.5, 0.6) is 0 Å². The van der Waals surface area contributed by atoms with Crippen molar-refractivity contribution in [3.63, 3.8) is 0 Å². The molecule has 4 heteroatoms. The molecule has 2 unspecified atom stereocenters. The minimum absolute atomic E-state index is 0.126. The Labute approximate surface area is 118 Å². The third-order valence-electron chi connectivity index (χ3n) is 3.37. The van der Waals surface area contributed by atoms with Crippen molar-refractivity contribution in [2.24, 2.45) is 5.92 Å². The summed E-state index contributed by atoms with van der Waals surface area (Å²) in [5.74, 6) is 0.535. The second kappa shape index (κ2) is 11.2. The number of hydrogen-bond donors (Lipinski definition) is 1. The molecule has 0 saturated heterocycles. The molecular weight excluding hydrogens is 240 g/mol. The van der Waals surface area contributed by atoms with Gasteiger partial charge in [-0.15, -0.1) is 0 Å². The normalized spacial score (nSPS) is 14.4. The minimum atomic E-state index is -0.205. The SMILES string of the molecule is CCCNC(CN(CC)CC(C)CC)C(=O)OCC. The summed E-state index contributed by atoms with van der Waals surface area (Å²) < 4.78 is 5.15. The topological polar surface area (TPSA) is 41.6 Å². The fourth-order valence-corrected chi connectivity index (χ4v) is 1.94. The van der Waals surface area contributed by atoms with E-state index >= 15 is 0 Å². The van der Waals surface area contributed by atoms with Crippen molar-refractivity contribution in [2.75, 3.05) is 32.8 Å². The van der Waals surface area contributed by atoms with E-state index in [0.29, 0.717) is 12.5 Å². The summed E-state index contributed by atoms with van der Waals surface area (Å²) in [4.78, 5) is 14.3. The van der Waals surface area contributed by atoms with E-state index in [4.69, 9.17) is 4.74 Å². The van der Waals surface area contributed by atoms with Crippen LogP contribution >= 0.6 is 0 Å². The number of esters is 1. The molecule has 0 fully saturated rings. The number of carbonyl (C=O) groups is 1. The zero-order valence-corrected chi connectivity index (χ0v) is 13.4. The summed E-state index contributed by atoms with van der Waals surface area (Å²) in [5.41, 5.74) is 0. The molecule has 0 heterocycles. The van der Waals surface area contributed by atoms with Gasteiger partial charge in [-0.3, -0.25) is 4.79 Å². The summed E-state index contributed by atoms with van der Waals surface area (Å²) in [7, 11) is 0. The molecule has 0 amide bonds. The van der Waals surface area contributed by atoms with Crippen molar-refractivity contribution in [1.82, 2.24) is 10.2 Å². The Bertz CT molecular complexity index is 234. The third kappa shape index (κ3) is 8.22. The van der Waals surface area contributed by atoms with Crippen LogP contribution in [0.4, 0.5) is 0 Å². The Hall–Kier alpha value is -0.610. The Balaban J connectivity index is 4.43. The van der Waals surface area contributed by atoms with Crippen molar-refractivity contribution in [3.8, 4) is 0 Å². The maximum Gasteiger partial charge on any atom is 0.324 e. The lowest BCUT2D eigenvalue weighted by molar-refractivity contribution is -0.146. The predicted molar refractivity (Wildman–Crippen MR) is 80.3 cm³/mol. The highest BCUT2D eigenvalue weighted by Crippen LogP contribution is 2.05. The molecule has 0 aliphatic heterocycles. The molecule has 0 bridgehead atoms. The van der Waals surface area contributed by atoms with Crippen molar-refractivity contribution >= 4 is 5.97 Å². The van der Waals surface area contributed by atoms with Crippen LogP contribution in [0.1, 0.15) is 47.5 Å². The van der Waals surface area contributed by atoms with Gasteiger partial charge in [-0.05, 0) is 32.4 Å². The summed E-state index contributed by atoms with van der Waals surface area (Å²) in [6.45, 7) is 14.6. The van der Waals surface area contributed by atoms with Gasteiger partial charge >= 0.3 is 5.97 Å². The Morgan fingerprint density at radius 3 is 2.37 bits per heavy atom. The largest absolute Gasteiger partial charge is 0.465 e. The molecule has 19 heavy (non-hydrogen) atoms. The van der Waals surface area contributed by atoms with Crippen LogP contribution in [0.15, 0.2) is 0 Å². The predicted octanol–water partition coefficient (Wildman–Crippen LogP) is 2.29. The van der Waals surface area contributed by atoms with Gasteiger partial charge in [-0.2, -0.15) is 0 Å². The molecule has 0 rings (SSSR count). The summed E-state index contributed by atoms with van der Waals surface area (Å²) in [5, 5.41) is 3.29. The molecule has 0 saturated carbocycles. The molecule has 0 aliphatic carbocycles. The second-order valence-electron chi connectivity index (χ2n) is 5.12. The highest BCUT2D eigenvalue weighted by atomic mass is 16.5. The van der Waals surface area contributed by atoms with Crippen molar-refractivity contribution in [1.29, 1.82) is 0 Å².